The van der Waals surface area contributed by atoms with E-state index in [1.165, 1.54) is 11.0 Å². The van der Waals surface area contributed by atoms with Crippen molar-refractivity contribution < 1.29 is 14.3 Å². The van der Waals surface area contributed by atoms with Gasteiger partial charge >= 0.3 is 0 Å². The first-order chi connectivity index (χ1) is 9.50. The summed E-state index contributed by atoms with van der Waals surface area (Å²) < 4.78 is 14.2. The summed E-state index contributed by atoms with van der Waals surface area (Å²) >= 11 is 3.22. The van der Waals surface area contributed by atoms with E-state index in [0.29, 0.717) is 11.0 Å². The summed E-state index contributed by atoms with van der Waals surface area (Å²) in [5.41, 5.74) is 0.0558. The monoisotopic (exact) mass is 343 g/mol. The number of aliphatic hydroxyl groups is 1. The Bertz CT molecular complexity index is 475. The molecule has 0 aromatic heterocycles. The number of aliphatic hydroxyl groups excluding tert-OH is 1. The van der Waals surface area contributed by atoms with Crippen molar-refractivity contribution in [2.45, 2.75) is 31.8 Å². The van der Waals surface area contributed by atoms with Crippen LogP contribution in [0.3, 0.4) is 0 Å². The van der Waals surface area contributed by atoms with Crippen molar-refractivity contribution >= 4 is 21.8 Å². The molecule has 1 amide bonds. The Hall–Kier alpha value is -0.940. The second-order valence-corrected chi connectivity index (χ2v) is 6.25. The van der Waals surface area contributed by atoms with Gasteiger partial charge in [-0.15, -0.1) is 0 Å². The molecule has 2 unspecified atom stereocenters. The fraction of sp³-hybridized carbons (Fsp3) is 0.533. The molecule has 0 saturated heterocycles. The lowest BCUT2D eigenvalue weighted by atomic mass is 9.86. The number of nitrogens with zero attached hydrogens (tertiary/aromatic N) is 1. The highest BCUT2D eigenvalue weighted by Crippen LogP contribution is 2.26. The van der Waals surface area contributed by atoms with Gasteiger partial charge in [0, 0.05) is 24.0 Å². The minimum absolute atomic E-state index is 0.0558. The summed E-state index contributed by atoms with van der Waals surface area (Å²) in [4.78, 5) is 13.8. The molecule has 0 spiro atoms. The molecule has 1 aromatic rings. The Balaban J connectivity index is 2.08. The van der Waals surface area contributed by atoms with Crippen LogP contribution in [-0.4, -0.2) is 35.6 Å². The van der Waals surface area contributed by atoms with E-state index in [-0.39, 0.29) is 23.5 Å². The van der Waals surface area contributed by atoms with E-state index in [4.69, 9.17) is 0 Å². The fourth-order valence-corrected chi connectivity index (χ4v) is 3.24. The molecule has 1 aliphatic carbocycles. The molecule has 0 bridgehead atoms. The Morgan fingerprint density at radius 3 is 2.80 bits per heavy atom. The molecule has 5 heteroatoms. The molecule has 2 atom stereocenters. The standard InChI is InChI=1S/C15H19BrFNO2/c1-18(9-10-5-2-3-8-13(10)19)15(20)14-11(16)6-4-7-12(14)17/h4,6-7,10,13,19H,2-3,5,8-9H2,1H3. The number of hydrogen-bond donors (Lipinski definition) is 1. The van der Waals surface area contributed by atoms with Crippen LogP contribution < -0.4 is 0 Å². The average molecular weight is 344 g/mol. The van der Waals surface area contributed by atoms with Crippen LogP contribution in [0, 0.1) is 11.7 Å². The highest BCUT2D eigenvalue weighted by Gasteiger charge is 2.27. The topological polar surface area (TPSA) is 40.5 Å². The summed E-state index contributed by atoms with van der Waals surface area (Å²) in [6.07, 6.45) is 3.46. The maximum atomic E-state index is 13.8. The average Bonchev–Trinajstić information content (AvgIpc) is 2.41. The van der Waals surface area contributed by atoms with Crippen LogP contribution in [0.2, 0.25) is 0 Å². The van der Waals surface area contributed by atoms with Gasteiger partial charge in [-0.1, -0.05) is 18.9 Å². The number of halogens is 2. The lowest BCUT2D eigenvalue weighted by molar-refractivity contribution is 0.0449. The molecule has 1 saturated carbocycles. The molecule has 2 rings (SSSR count). The predicted octanol–water partition coefficient (Wildman–Crippen LogP) is 3.21. The first-order valence-corrected chi connectivity index (χ1v) is 7.67. The number of amides is 1. The molecule has 1 aromatic carbocycles. The van der Waals surface area contributed by atoms with Crippen molar-refractivity contribution in [3.8, 4) is 0 Å². The van der Waals surface area contributed by atoms with E-state index >= 15 is 0 Å². The Kier molecular flexibility index (Phi) is 5.16. The van der Waals surface area contributed by atoms with Gasteiger partial charge in [0.15, 0.2) is 0 Å². The number of rotatable bonds is 3. The van der Waals surface area contributed by atoms with Gasteiger partial charge in [-0.05, 0) is 40.9 Å². The predicted molar refractivity (Wildman–Crippen MR) is 79.0 cm³/mol. The number of carbonyl (C=O) groups excluding carboxylic acids is 1. The van der Waals surface area contributed by atoms with Crippen LogP contribution in [0.4, 0.5) is 4.39 Å². The van der Waals surface area contributed by atoms with Crippen LogP contribution in [-0.2, 0) is 0 Å². The molecule has 0 radical (unpaired) electrons. The minimum Gasteiger partial charge on any atom is -0.393 e. The van der Waals surface area contributed by atoms with Crippen LogP contribution in [0.25, 0.3) is 0 Å². The SMILES string of the molecule is CN(CC1CCCCC1O)C(=O)c1c(F)cccc1Br. The number of hydrogen-bond acceptors (Lipinski definition) is 2. The smallest absolute Gasteiger partial charge is 0.257 e. The highest BCUT2D eigenvalue weighted by atomic mass is 79.9. The molecular formula is C15H19BrFNO2. The van der Waals surface area contributed by atoms with E-state index in [2.05, 4.69) is 15.9 Å². The molecule has 1 fully saturated rings. The molecule has 110 valence electrons. The van der Waals surface area contributed by atoms with Crippen molar-refractivity contribution in [3.05, 3.63) is 34.1 Å². The van der Waals surface area contributed by atoms with Gasteiger partial charge in [0.25, 0.3) is 5.91 Å². The second-order valence-electron chi connectivity index (χ2n) is 5.39. The van der Waals surface area contributed by atoms with E-state index in [1.807, 2.05) is 0 Å². The van der Waals surface area contributed by atoms with Crippen molar-refractivity contribution in [1.29, 1.82) is 0 Å². The van der Waals surface area contributed by atoms with Gasteiger partial charge in [-0.3, -0.25) is 4.79 Å². The summed E-state index contributed by atoms with van der Waals surface area (Å²) in [5, 5.41) is 9.96. The zero-order valence-corrected chi connectivity index (χ0v) is 13.1. The van der Waals surface area contributed by atoms with Crippen LogP contribution in [0.15, 0.2) is 22.7 Å². The molecule has 1 N–H and O–H groups in total. The minimum atomic E-state index is -0.527. The maximum Gasteiger partial charge on any atom is 0.257 e. The zero-order chi connectivity index (χ0) is 14.7. The fourth-order valence-electron chi connectivity index (χ4n) is 2.73. The summed E-state index contributed by atoms with van der Waals surface area (Å²) in [5.74, 6) is -0.795. The molecule has 1 aliphatic rings. The van der Waals surface area contributed by atoms with Gasteiger partial charge in [0.2, 0.25) is 0 Å². The third-order valence-electron chi connectivity index (χ3n) is 3.90. The van der Waals surface area contributed by atoms with Crippen LogP contribution in [0.1, 0.15) is 36.0 Å². The Morgan fingerprint density at radius 1 is 1.45 bits per heavy atom. The van der Waals surface area contributed by atoms with E-state index in [1.54, 1.807) is 19.2 Å². The third kappa shape index (κ3) is 3.38. The number of carbonyl (C=O) groups is 1. The van der Waals surface area contributed by atoms with Crippen molar-refractivity contribution in [2.75, 3.05) is 13.6 Å². The Morgan fingerprint density at radius 2 is 2.15 bits per heavy atom. The highest BCUT2D eigenvalue weighted by molar-refractivity contribution is 9.10. The lowest BCUT2D eigenvalue weighted by Crippen LogP contribution is -2.38. The summed E-state index contributed by atoms with van der Waals surface area (Å²) in [6, 6.07) is 4.49. The molecule has 0 aliphatic heterocycles. The maximum absolute atomic E-state index is 13.8. The van der Waals surface area contributed by atoms with Gasteiger partial charge in [0.1, 0.15) is 5.82 Å². The van der Waals surface area contributed by atoms with E-state index in [9.17, 15) is 14.3 Å². The van der Waals surface area contributed by atoms with Gasteiger partial charge in [0.05, 0.1) is 11.7 Å². The van der Waals surface area contributed by atoms with Crippen LogP contribution >= 0.6 is 15.9 Å². The van der Waals surface area contributed by atoms with E-state index in [0.717, 1.165) is 25.7 Å². The quantitative estimate of drug-likeness (QED) is 0.915. The summed E-state index contributed by atoms with van der Waals surface area (Å²) in [7, 11) is 1.66. The lowest BCUT2D eigenvalue weighted by Gasteiger charge is -2.31. The molecule has 20 heavy (non-hydrogen) atoms. The van der Waals surface area contributed by atoms with Gasteiger partial charge < -0.3 is 10.0 Å². The Labute approximate surface area is 126 Å². The van der Waals surface area contributed by atoms with Crippen molar-refractivity contribution in [1.82, 2.24) is 4.90 Å². The zero-order valence-electron chi connectivity index (χ0n) is 11.5. The third-order valence-corrected chi connectivity index (χ3v) is 4.56. The normalized spacial score (nSPS) is 22.6. The summed E-state index contributed by atoms with van der Waals surface area (Å²) in [6.45, 7) is 0.459. The van der Waals surface area contributed by atoms with Crippen molar-refractivity contribution in [3.63, 3.8) is 0 Å². The van der Waals surface area contributed by atoms with Crippen molar-refractivity contribution in [2.24, 2.45) is 5.92 Å². The largest absolute Gasteiger partial charge is 0.393 e. The molecular weight excluding hydrogens is 325 g/mol. The molecule has 0 heterocycles. The second kappa shape index (κ2) is 6.68. The first kappa shape index (κ1) is 15.4. The van der Waals surface area contributed by atoms with Gasteiger partial charge in [-0.25, -0.2) is 4.39 Å². The van der Waals surface area contributed by atoms with Gasteiger partial charge in [-0.2, -0.15) is 0 Å². The first-order valence-electron chi connectivity index (χ1n) is 6.88. The molecule has 3 nitrogen and oxygen atoms in total. The van der Waals surface area contributed by atoms with Crippen LogP contribution in [0.5, 0.6) is 0 Å². The number of benzene rings is 1. The van der Waals surface area contributed by atoms with E-state index < -0.39 is 5.82 Å².